The van der Waals surface area contributed by atoms with Gasteiger partial charge in [-0.15, -0.1) is 0 Å². The van der Waals surface area contributed by atoms with Crippen molar-refractivity contribution in [1.82, 2.24) is 0 Å². The number of hydrogen-bond donors (Lipinski definition) is 1. The molecule has 1 heterocycles. The summed E-state index contributed by atoms with van der Waals surface area (Å²) in [4.78, 5) is 0. The number of hydrogen-bond acceptors (Lipinski definition) is 2. The van der Waals surface area contributed by atoms with Gasteiger partial charge in [-0.1, -0.05) is 42.4 Å². The van der Waals surface area contributed by atoms with E-state index < -0.39 is 0 Å². The Hall–Kier alpha value is -1.54. The third kappa shape index (κ3) is 8.68. The number of aryl methyl sites for hydroxylation is 1. The van der Waals surface area contributed by atoms with Crippen molar-refractivity contribution in [3.05, 3.63) is 59.6 Å². The van der Waals surface area contributed by atoms with Crippen molar-refractivity contribution in [3.63, 3.8) is 0 Å². The second kappa shape index (κ2) is 11.1. The van der Waals surface area contributed by atoms with Crippen molar-refractivity contribution in [2.75, 3.05) is 6.61 Å². The summed E-state index contributed by atoms with van der Waals surface area (Å²) in [6, 6.07) is 2.04. The lowest BCUT2D eigenvalue weighted by Gasteiger charge is -2.04. The second-order valence-corrected chi connectivity index (χ2v) is 6.15. The predicted molar refractivity (Wildman–Crippen MR) is 93.8 cm³/mol. The van der Waals surface area contributed by atoms with E-state index in [2.05, 4.69) is 38.2 Å². The van der Waals surface area contributed by atoms with Crippen molar-refractivity contribution in [2.24, 2.45) is 5.92 Å². The van der Waals surface area contributed by atoms with Crippen LogP contribution in [0.4, 0.5) is 0 Å². The molecule has 0 saturated heterocycles. The van der Waals surface area contributed by atoms with Gasteiger partial charge in [-0.3, -0.25) is 0 Å². The molecule has 2 heteroatoms. The molecular formula is C20H30O2. The Morgan fingerprint density at radius 1 is 1.32 bits per heavy atom. The van der Waals surface area contributed by atoms with E-state index in [9.17, 15) is 0 Å². The van der Waals surface area contributed by atoms with Gasteiger partial charge in [0.25, 0.3) is 0 Å². The molecule has 0 radical (unpaired) electrons. The van der Waals surface area contributed by atoms with Crippen LogP contribution >= 0.6 is 0 Å². The highest BCUT2D eigenvalue weighted by Gasteiger charge is 1.97. The van der Waals surface area contributed by atoms with Crippen LogP contribution in [0.3, 0.4) is 0 Å². The molecule has 1 rings (SSSR count). The first-order chi connectivity index (χ1) is 10.6. The zero-order chi connectivity index (χ0) is 16.2. The lowest BCUT2D eigenvalue weighted by molar-refractivity contribution is 0.330. The number of aliphatic hydroxyl groups is 1. The summed E-state index contributed by atoms with van der Waals surface area (Å²) >= 11 is 0. The molecule has 0 spiro atoms. The smallest absolute Gasteiger partial charge is 0.0934 e. The molecule has 0 aliphatic carbocycles. The highest BCUT2D eigenvalue weighted by Crippen LogP contribution is 2.12. The minimum absolute atomic E-state index is 0.172. The lowest BCUT2D eigenvalue weighted by Crippen LogP contribution is -1.90. The fraction of sp³-hybridized carbons (Fsp3) is 0.500. The molecule has 0 aliphatic heterocycles. The summed E-state index contributed by atoms with van der Waals surface area (Å²) in [5.74, 6) is 0.567. The molecule has 1 aromatic rings. The number of furan rings is 1. The maximum absolute atomic E-state index is 8.94. The average molecular weight is 302 g/mol. The zero-order valence-corrected chi connectivity index (χ0v) is 14.2. The summed E-state index contributed by atoms with van der Waals surface area (Å²) in [6.07, 6.45) is 17.9. The van der Waals surface area contributed by atoms with Crippen molar-refractivity contribution in [1.29, 1.82) is 0 Å². The molecule has 22 heavy (non-hydrogen) atoms. The summed E-state index contributed by atoms with van der Waals surface area (Å²) in [5, 5.41) is 8.94. The van der Waals surface area contributed by atoms with Crippen LogP contribution in [0.1, 0.15) is 52.0 Å². The maximum Gasteiger partial charge on any atom is 0.0934 e. The highest BCUT2D eigenvalue weighted by molar-refractivity contribution is 5.12. The van der Waals surface area contributed by atoms with Gasteiger partial charge in [0.1, 0.15) is 0 Å². The molecule has 1 atom stereocenters. The normalized spacial score (nSPS) is 14.7. The molecule has 0 aliphatic rings. The third-order valence-corrected chi connectivity index (χ3v) is 3.80. The van der Waals surface area contributed by atoms with Gasteiger partial charge < -0.3 is 9.52 Å². The molecule has 2 nitrogen and oxygen atoms in total. The van der Waals surface area contributed by atoms with Gasteiger partial charge in [0.05, 0.1) is 19.1 Å². The van der Waals surface area contributed by atoms with Crippen molar-refractivity contribution in [2.45, 2.75) is 52.9 Å². The largest absolute Gasteiger partial charge is 0.472 e. The predicted octanol–water partition coefficient (Wildman–Crippen LogP) is 5.46. The van der Waals surface area contributed by atoms with E-state index in [-0.39, 0.29) is 6.61 Å². The molecule has 0 saturated carbocycles. The zero-order valence-electron chi connectivity index (χ0n) is 14.2. The molecular weight excluding hydrogens is 272 g/mol. The topological polar surface area (TPSA) is 33.4 Å². The fourth-order valence-corrected chi connectivity index (χ4v) is 2.25. The summed E-state index contributed by atoms with van der Waals surface area (Å²) in [5.41, 5.74) is 3.76. The van der Waals surface area contributed by atoms with Crippen LogP contribution in [-0.2, 0) is 6.42 Å². The summed E-state index contributed by atoms with van der Waals surface area (Å²) in [6.45, 7) is 6.57. The van der Waals surface area contributed by atoms with Crippen LogP contribution in [0.2, 0.25) is 0 Å². The molecule has 1 N–H and O–H groups in total. The van der Waals surface area contributed by atoms with Gasteiger partial charge in [-0.2, -0.15) is 0 Å². The van der Waals surface area contributed by atoms with Crippen molar-refractivity contribution in [3.8, 4) is 0 Å². The number of allylic oxidation sites excluding steroid dienone is 5. The van der Waals surface area contributed by atoms with E-state index >= 15 is 0 Å². The van der Waals surface area contributed by atoms with E-state index in [0.29, 0.717) is 5.92 Å². The Kier molecular flexibility index (Phi) is 9.33. The Labute approximate surface area is 135 Å². The fourth-order valence-electron chi connectivity index (χ4n) is 2.25. The molecule has 122 valence electrons. The second-order valence-electron chi connectivity index (χ2n) is 6.15. The van der Waals surface area contributed by atoms with E-state index in [1.165, 1.54) is 11.1 Å². The Morgan fingerprint density at radius 2 is 2.14 bits per heavy atom. The van der Waals surface area contributed by atoms with Gasteiger partial charge >= 0.3 is 0 Å². The van der Waals surface area contributed by atoms with E-state index in [0.717, 1.165) is 37.7 Å². The Morgan fingerprint density at radius 3 is 2.82 bits per heavy atom. The number of rotatable bonds is 10. The van der Waals surface area contributed by atoms with Gasteiger partial charge in [0.15, 0.2) is 0 Å². The van der Waals surface area contributed by atoms with Crippen LogP contribution in [0.25, 0.3) is 0 Å². The average Bonchev–Trinajstić information content (AvgIpc) is 3.00. The maximum atomic E-state index is 8.94. The monoisotopic (exact) mass is 302 g/mol. The Balaban J connectivity index is 2.20. The van der Waals surface area contributed by atoms with Crippen LogP contribution in [0, 0.1) is 5.92 Å². The van der Waals surface area contributed by atoms with Crippen LogP contribution < -0.4 is 0 Å². The summed E-state index contributed by atoms with van der Waals surface area (Å²) < 4.78 is 5.07. The molecule has 0 unspecified atom stereocenters. The van der Waals surface area contributed by atoms with Gasteiger partial charge in [0, 0.05) is 0 Å². The molecule has 1 aromatic heterocycles. The van der Waals surface area contributed by atoms with E-state index in [1.54, 1.807) is 6.26 Å². The first kappa shape index (κ1) is 18.5. The SMILES string of the molecule is CC(=CCC[C@H](C)C=CC=C(C)CCCc1ccoc1)CO. The van der Waals surface area contributed by atoms with Crippen molar-refractivity contribution >= 4 is 0 Å². The minimum atomic E-state index is 0.172. The first-order valence-electron chi connectivity index (χ1n) is 8.23. The highest BCUT2D eigenvalue weighted by atomic mass is 16.3. The van der Waals surface area contributed by atoms with Crippen molar-refractivity contribution < 1.29 is 9.52 Å². The lowest BCUT2D eigenvalue weighted by atomic mass is 10.0. The van der Waals surface area contributed by atoms with Gasteiger partial charge in [-0.05, 0) is 63.5 Å². The van der Waals surface area contributed by atoms with Gasteiger partial charge in [0.2, 0.25) is 0 Å². The van der Waals surface area contributed by atoms with E-state index in [4.69, 9.17) is 9.52 Å². The third-order valence-electron chi connectivity index (χ3n) is 3.80. The van der Waals surface area contributed by atoms with Crippen LogP contribution in [0.5, 0.6) is 0 Å². The molecule has 0 aromatic carbocycles. The molecule has 0 bridgehead atoms. The standard InChI is InChI=1S/C20H30O2/c1-17(9-5-11-19(3)15-21)7-4-8-18(2)10-6-12-20-13-14-22-16-20/h4,7-8,11,13-14,16-17,21H,5-6,9-10,12,15H2,1-3H3/t17-/m1/s1. The first-order valence-corrected chi connectivity index (χ1v) is 8.23. The van der Waals surface area contributed by atoms with Crippen LogP contribution in [-0.4, -0.2) is 11.7 Å². The number of aliphatic hydroxyl groups excluding tert-OH is 1. The Bertz CT molecular complexity index is 478. The molecule has 0 fully saturated rings. The van der Waals surface area contributed by atoms with Crippen LogP contribution in [0.15, 0.2) is 58.5 Å². The van der Waals surface area contributed by atoms with E-state index in [1.807, 2.05) is 19.3 Å². The quantitative estimate of drug-likeness (QED) is 0.460. The molecule has 0 amide bonds. The summed E-state index contributed by atoms with van der Waals surface area (Å²) in [7, 11) is 0. The van der Waals surface area contributed by atoms with Gasteiger partial charge in [-0.25, -0.2) is 0 Å². The minimum Gasteiger partial charge on any atom is -0.472 e.